The molecule has 7 nitrogen and oxygen atoms in total. The SMILES string of the molecule is Cc1nc(N2CCC3(CC2)Cc2ccncc2[C@H]3N[S@](=O)C(C)(C)C)c2ccnn2c1Br. The normalized spacial score (nSPS) is 21.3. The molecule has 2 aliphatic rings. The number of aromatic nitrogens is 4. The van der Waals surface area contributed by atoms with E-state index in [-0.39, 0.29) is 16.2 Å². The molecular formula is C23H29BrN6OS. The van der Waals surface area contributed by atoms with Gasteiger partial charge in [-0.15, -0.1) is 0 Å². The van der Waals surface area contributed by atoms with Crippen LogP contribution in [0.3, 0.4) is 0 Å². The van der Waals surface area contributed by atoms with Crippen molar-refractivity contribution in [2.45, 2.75) is 57.7 Å². The lowest BCUT2D eigenvalue weighted by atomic mass is 9.73. The summed E-state index contributed by atoms with van der Waals surface area (Å²) in [6.45, 7) is 9.85. The minimum absolute atomic E-state index is 0.0315. The smallest absolute Gasteiger partial charge is 0.155 e. The van der Waals surface area contributed by atoms with Crippen LogP contribution in [-0.2, 0) is 17.4 Å². The van der Waals surface area contributed by atoms with Crippen molar-refractivity contribution in [3.05, 3.63) is 52.1 Å². The Kier molecular flexibility index (Phi) is 5.41. The van der Waals surface area contributed by atoms with Crippen molar-refractivity contribution in [1.29, 1.82) is 0 Å². The van der Waals surface area contributed by atoms with E-state index >= 15 is 0 Å². The molecule has 2 atom stereocenters. The Morgan fingerprint density at radius 1 is 1.22 bits per heavy atom. The standard InChI is InChI=1S/C23H29BrN6OS/c1-15-20(24)30-18(6-10-26-30)21(27-15)29-11-7-23(8-12-29)13-16-5-9-25-14-17(16)19(23)28-32(31)22(2,3)4/h5-6,9-10,14,19,28H,7-8,11-13H2,1-4H3/t19-,32-/m1/s1. The molecule has 0 aromatic carbocycles. The lowest BCUT2D eigenvalue weighted by molar-refractivity contribution is 0.177. The largest absolute Gasteiger partial charge is 0.355 e. The average Bonchev–Trinajstić information content (AvgIpc) is 3.35. The Morgan fingerprint density at radius 2 is 1.97 bits per heavy atom. The van der Waals surface area contributed by atoms with Gasteiger partial charge in [0.1, 0.15) is 10.1 Å². The van der Waals surface area contributed by atoms with Crippen molar-refractivity contribution in [2.75, 3.05) is 18.0 Å². The fourth-order valence-electron chi connectivity index (χ4n) is 5.05. The first kappa shape index (κ1) is 22.0. The molecule has 1 fully saturated rings. The summed E-state index contributed by atoms with van der Waals surface area (Å²) in [6, 6.07) is 4.19. The summed E-state index contributed by atoms with van der Waals surface area (Å²) < 4.78 is 19.1. The number of halogens is 1. The highest BCUT2D eigenvalue weighted by Gasteiger charge is 2.49. The number of aryl methyl sites for hydroxylation is 1. The van der Waals surface area contributed by atoms with Gasteiger partial charge in [0.05, 0.1) is 33.7 Å². The van der Waals surface area contributed by atoms with Crippen molar-refractivity contribution >= 4 is 38.3 Å². The second-order valence-electron chi connectivity index (χ2n) is 9.97. The van der Waals surface area contributed by atoms with Crippen molar-refractivity contribution in [3.8, 4) is 0 Å². The Bertz CT molecular complexity index is 1190. The quantitative estimate of drug-likeness (QED) is 0.566. The van der Waals surface area contributed by atoms with Crippen LogP contribution in [0.1, 0.15) is 56.5 Å². The lowest BCUT2D eigenvalue weighted by Crippen LogP contribution is -2.48. The third-order valence-electron chi connectivity index (χ3n) is 6.88. The fraction of sp³-hybridized carbons (Fsp3) is 0.522. The predicted molar refractivity (Wildman–Crippen MR) is 131 cm³/mol. The van der Waals surface area contributed by atoms with Gasteiger partial charge >= 0.3 is 0 Å². The van der Waals surface area contributed by atoms with Gasteiger partial charge in [-0.2, -0.15) is 5.10 Å². The first-order valence-corrected chi connectivity index (χ1v) is 13.0. The molecule has 3 aromatic rings. The van der Waals surface area contributed by atoms with Gasteiger partial charge in [0.25, 0.3) is 0 Å². The van der Waals surface area contributed by atoms with Crippen LogP contribution in [0.15, 0.2) is 35.3 Å². The van der Waals surface area contributed by atoms with Gasteiger partial charge in [-0.25, -0.2) is 18.4 Å². The third kappa shape index (κ3) is 3.58. The summed E-state index contributed by atoms with van der Waals surface area (Å²) in [5.74, 6) is 0.984. The van der Waals surface area contributed by atoms with Gasteiger partial charge in [0.2, 0.25) is 0 Å². The van der Waals surface area contributed by atoms with E-state index in [1.165, 1.54) is 11.1 Å². The summed E-state index contributed by atoms with van der Waals surface area (Å²) in [7, 11) is -1.15. The molecule has 1 aliphatic carbocycles. The monoisotopic (exact) mass is 516 g/mol. The average molecular weight is 517 g/mol. The fourth-order valence-corrected chi connectivity index (χ4v) is 6.36. The molecule has 1 saturated heterocycles. The lowest BCUT2D eigenvalue weighted by Gasteiger charge is -2.44. The van der Waals surface area contributed by atoms with Crippen LogP contribution in [0.4, 0.5) is 5.82 Å². The summed E-state index contributed by atoms with van der Waals surface area (Å²) >= 11 is 3.61. The Morgan fingerprint density at radius 3 is 2.69 bits per heavy atom. The number of nitrogens with zero attached hydrogens (tertiary/aromatic N) is 5. The van der Waals surface area contributed by atoms with E-state index in [4.69, 9.17) is 4.98 Å². The first-order chi connectivity index (χ1) is 15.2. The predicted octanol–water partition coefficient (Wildman–Crippen LogP) is 4.13. The zero-order chi connectivity index (χ0) is 22.7. The molecule has 0 radical (unpaired) electrons. The van der Waals surface area contributed by atoms with Crippen LogP contribution in [0.5, 0.6) is 0 Å². The number of hydrogen-bond acceptors (Lipinski definition) is 5. The summed E-state index contributed by atoms with van der Waals surface area (Å²) in [6.07, 6.45) is 8.64. The number of piperidine rings is 1. The van der Waals surface area contributed by atoms with Crippen molar-refractivity contribution < 1.29 is 4.21 Å². The van der Waals surface area contributed by atoms with Gasteiger partial charge in [0.15, 0.2) is 5.82 Å². The summed E-state index contributed by atoms with van der Waals surface area (Å²) in [5.41, 5.74) is 4.50. The molecule has 3 aromatic heterocycles. The first-order valence-electron chi connectivity index (χ1n) is 11.1. The summed E-state index contributed by atoms with van der Waals surface area (Å²) in [5, 5.41) is 4.45. The molecule has 1 aliphatic heterocycles. The van der Waals surface area contributed by atoms with Crippen LogP contribution in [-0.4, -0.2) is 41.6 Å². The minimum atomic E-state index is -1.15. The molecule has 0 saturated carbocycles. The highest BCUT2D eigenvalue weighted by molar-refractivity contribution is 9.10. The molecule has 5 rings (SSSR count). The molecule has 32 heavy (non-hydrogen) atoms. The van der Waals surface area contributed by atoms with Crippen LogP contribution in [0.25, 0.3) is 5.52 Å². The Labute approximate surface area is 199 Å². The topological polar surface area (TPSA) is 75.4 Å². The number of nitrogens with one attached hydrogen (secondary N) is 1. The van der Waals surface area contributed by atoms with Crippen molar-refractivity contribution in [1.82, 2.24) is 24.3 Å². The Balaban J connectivity index is 1.44. The molecule has 1 spiro atoms. The third-order valence-corrected chi connectivity index (χ3v) is 9.35. The van der Waals surface area contributed by atoms with E-state index in [0.717, 1.165) is 54.0 Å². The van der Waals surface area contributed by atoms with Gasteiger partial charge in [-0.1, -0.05) is 0 Å². The van der Waals surface area contributed by atoms with Gasteiger partial charge < -0.3 is 4.90 Å². The van der Waals surface area contributed by atoms with Gasteiger partial charge in [-0.3, -0.25) is 4.98 Å². The van der Waals surface area contributed by atoms with Crippen molar-refractivity contribution in [3.63, 3.8) is 0 Å². The molecule has 170 valence electrons. The van der Waals surface area contributed by atoms with E-state index in [1.807, 2.05) is 56.9 Å². The highest BCUT2D eigenvalue weighted by atomic mass is 79.9. The second-order valence-corrected chi connectivity index (χ2v) is 12.7. The van der Waals surface area contributed by atoms with E-state index in [9.17, 15) is 4.21 Å². The van der Waals surface area contributed by atoms with E-state index < -0.39 is 11.0 Å². The zero-order valence-corrected chi connectivity index (χ0v) is 21.3. The van der Waals surface area contributed by atoms with E-state index in [0.29, 0.717) is 0 Å². The van der Waals surface area contributed by atoms with Crippen LogP contribution in [0.2, 0.25) is 0 Å². The maximum atomic E-state index is 13.1. The van der Waals surface area contributed by atoms with Gasteiger partial charge in [0, 0.05) is 25.5 Å². The number of anilines is 1. The maximum Gasteiger partial charge on any atom is 0.155 e. The van der Waals surface area contributed by atoms with E-state index in [2.05, 4.69) is 41.7 Å². The molecule has 1 N–H and O–H groups in total. The minimum Gasteiger partial charge on any atom is -0.355 e. The molecule has 4 heterocycles. The molecule has 9 heteroatoms. The molecule has 0 amide bonds. The van der Waals surface area contributed by atoms with Crippen molar-refractivity contribution in [2.24, 2.45) is 5.41 Å². The molecule has 0 unspecified atom stereocenters. The number of pyridine rings is 1. The van der Waals surface area contributed by atoms with Crippen LogP contribution < -0.4 is 9.62 Å². The number of rotatable bonds is 3. The van der Waals surface area contributed by atoms with Gasteiger partial charge in [-0.05, 0) is 91.6 Å². The highest BCUT2D eigenvalue weighted by Crippen LogP contribution is 2.52. The van der Waals surface area contributed by atoms with Crippen LogP contribution in [0, 0.1) is 12.3 Å². The van der Waals surface area contributed by atoms with E-state index in [1.54, 1.807) is 0 Å². The molecular weight excluding hydrogens is 488 g/mol. The maximum absolute atomic E-state index is 13.1. The summed E-state index contributed by atoms with van der Waals surface area (Å²) in [4.78, 5) is 11.7. The Hall–Kier alpha value is -1.84. The zero-order valence-electron chi connectivity index (χ0n) is 18.9. The van der Waals surface area contributed by atoms with Crippen LogP contribution >= 0.6 is 15.9 Å². The number of hydrogen-bond donors (Lipinski definition) is 1. The second kappa shape index (κ2) is 7.88. The molecule has 0 bridgehead atoms. The number of fused-ring (bicyclic) bond motifs is 2.